The maximum absolute atomic E-state index is 12.2. The van der Waals surface area contributed by atoms with Crippen LogP contribution in [0.3, 0.4) is 0 Å². The molecular weight excluding hydrogens is 368 g/mol. The van der Waals surface area contributed by atoms with Gasteiger partial charge in [0.05, 0.1) is 12.3 Å². The highest BCUT2D eigenvalue weighted by molar-refractivity contribution is 5.95. The lowest BCUT2D eigenvalue weighted by atomic mass is 10.1. The Balaban J connectivity index is 1.65. The van der Waals surface area contributed by atoms with Crippen molar-refractivity contribution in [2.45, 2.75) is 6.54 Å². The van der Waals surface area contributed by atoms with Crippen molar-refractivity contribution in [1.29, 1.82) is 0 Å². The number of aliphatic hydroxyl groups is 1. The zero-order chi connectivity index (χ0) is 20.1. The number of imidazole rings is 1. The lowest BCUT2D eigenvalue weighted by Crippen LogP contribution is -2.26. The summed E-state index contributed by atoms with van der Waals surface area (Å²) in [5.41, 5.74) is 3.78. The van der Waals surface area contributed by atoms with Crippen LogP contribution >= 0.6 is 0 Å². The molecule has 3 aromatic heterocycles. The fourth-order valence-electron chi connectivity index (χ4n) is 2.97. The molecule has 0 bridgehead atoms. The molecule has 0 spiro atoms. The van der Waals surface area contributed by atoms with Gasteiger partial charge in [0.2, 0.25) is 0 Å². The van der Waals surface area contributed by atoms with Gasteiger partial charge in [0.1, 0.15) is 0 Å². The summed E-state index contributed by atoms with van der Waals surface area (Å²) in [6, 6.07) is 11.1. The summed E-state index contributed by atoms with van der Waals surface area (Å²) in [6.07, 6.45) is 8.98. The second-order valence-electron chi connectivity index (χ2n) is 6.41. The number of nitrogens with zero attached hydrogens (tertiary/aromatic N) is 4. The number of carbonyl (C=O) groups excluding carboxylic acids is 1. The van der Waals surface area contributed by atoms with Crippen molar-refractivity contribution in [3.05, 3.63) is 78.5 Å². The molecule has 0 aliphatic heterocycles. The fraction of sp³-hybridized carbons (Fsp3) is 0.143. The van der Waals surface area contributed by atoms with Gasteiger partial charge < -0.3 is 20.1 Å². The molecule has 0 radical (unpaired) electrons. The molecule has 3 N–H and O–H groups in total. The molecule has 0 saturated carbocycles. The number of benzene rings is 1. The monoisotopic (exact) mass is 388 g/mol. The summed E-state index contributed by atoms with van der Waals surface area (Å²) < 4.78 is 1.90. The van der Waals surface area contributed by atoms with Crippen LogP contribution in [0.25, 0.3) is 16.9 Å². The molecule has 29 heavy (non-hydrogen) atoms. The highest BCUT2D eigenvalue weighted by Gasteiger charge is 2.11. The van der Waals surface area contributed by atoms with E-state index in [-0.39, 0.29) is 19.1 Å². The molecular formula is C21H20N6O2. The van der Waals surface area contributed by atoms with Gasteiger partial charge in [-0.15, -0.1) is 0 Å². The van der Waals surface area contributed by atoms with Crippen LogP contribution in [0.1, 0.15) is 15.9 Å². The van der Waals surface area contributed by atoms with Crippen molar-refractivity contribution in [1.82, 2.24) is 24.7 Å². The number of pyridine rings is 1. The third kappa shape index (κ3) is 4.22. The Bertz CT molecular complexity index is 1130. The Kier molecular flexibility index (Phi) is 5.44. The van der Waals surface area contributed by atoms with Crippen LogP contribution < -0.4 is 10.6 Å². The van der Waals surface area contributed by atoms with E-state index < -0.39 is 0 Å². The first-order chi connectivity index (χ1) is 14.2. The Morgan fingerprint density at radius 1 is 1.17 bits per heavy atom. The first kappa shape index (κ1) is 18.6. The molecule has 4 aromatic rings. The van der Waals surface area contributed by atoms with Gasteiger partial charge >= 0.3 is 0 Å². The van der Waals surface area contributed by atoms with E-state index in [9.17, 15) is 4.79 Å². The summed E-state index contributed by atoms with van der Waals surface area (Å²) in [5, 5.41) is 14.9. The molecule has 0 fully saturated rings. The molecule has 8 nitrogen and oxygen atoms in total. The minimum absolute atomic E-state index is 0.101. The van der Waals surface area contributed by atoms with E-state index >= 15 is 0 Å². The van der Waals surface area contributed by atoms with Gasteiger partial charge in [-0.2, -0.15) is 0 Å². The molecule has 146 valence electrons. The van der Waals surface area contributed by atoms with Gasteiger partial charge in [-0.25, -0.2) is 9.97 Å². The topological polar surface area (TPSA) is 104 Å². The van der Waals surface area contributed by atoms with E-state index in [0.29, 0.717) is 23.6 Å². The Labute approximate surface area is 167 Å². The zero-order valence-corrected chi connectivity index (χ0v) is 15.6. The number of carbonyl (C=O) groups is 1. The second kappa shape index (κ2) is 8.49. The Hall–Kier alpha value is -3.78. The van der Waals surface area contributed by atoms with Gasteiger partial charge in [-0.1, -0.05) is 18.2 Å². The number of amides is 1. The van der Waals surface area contributed by atoms with E-state index in [1.807, 2.05) is 41.1 Å². The largest absolute Gasteiger partial charge is 0.395 e. The molecule has 8 heteroatoms. The predicted molar refractivity (Wildman–Crippen MR) is 109 cm³/mol. The number of fused-ring (bicyclic) bond motifs is 1. The molecule has 0 saturated heterocycles. The number of anilines is 1. The molecule has 1 amide bonds. The summed E-state index contributed by atoms with van der Waals surface area (Å²) in [6.45, 7) is 0.678. The van der Waals surface area contributed by atoms with Gasteiger partial charge in [-0.05, 0) is 23.8 Å². The lowest BCUT2D eigenvalue weighted by Gasteiger charge is -2.11. The number of rotatable bonds is 7. The molecule has 1 aromatic carbocycles. The van der Waals surface area contributed by atoms with Crippen LogP contribution in [0.2, 0.25) is 0 Å². The van der Waals surface area contributed by atoms with Crippen molar-refractivity contribution in [3.8, 4) is 11.3 Å². The highest BCUT2D eigenvalue weighted by Crippen LogP contribution is 2.23. The van der Waals surface area contributed by atoms with Crippen molar-refractivity contribution in [2.75, 3.05) is 18.5 Å². The van der Waals surface area contributed by atoms with Crippen LogP contribution in [-0.2, 0) is 6.54 Å². The molecule has 3 heterocycles. The summed E-state index contributed by atoms with van der Waals surface area (Å²) >= 11 is 0. The standard InChI is InChI=1S/C21H20N6O2/c28-10-8-24-21(29)17-5-1-4-16(11-17)18-14-27-9-7-23-20(27)19(26-18)25-13-15-3-2-6-22-12-15/h1-7,9,11-12,14,28H,8,10,13H2,(H,24,29)(H,25,26). The third-order valence-electron chi connectivity index (χ3n) is 4.37. The number of aromatic nitrogens is 4. The second-order valence-corrected chi connectivity index (χ2v) is 6.41. The number of nitrogens with one attached hydrogen (secondary N) is 2. The van der Waals surface area contributed by atoms with Crippen LogP contribution in [0.15, 0.2) is 67.4 Å². The highest BCUT2D eigenvalue weighted by atomic mass is 16.3. The van der Waals surface area contributed by atoms with Gasteiger partial charge in [0, 0.05) is 55.2 Å². The smallest absolute Gasteiger partial charge is 0.251 e. The first-order valence-electron chi connectivity index (χ1n) is 9.20. The van der Waals surface area contributed by atoms with E-state index in [1.165, 1.54) is 0 Å². The number of hydrogen-bond donors (Lipinski definition) is 3. The van der Waals surface area contributed by atoms with E-state index in [2.05, 4.69) is 20.6 Å². The van der Waals surface area contributed by atoms with Gasteiger partial charge in [0.15, 0.2) is 11.5 Å². The van der Waals surface area contributed by atoms with Crippen LogP contribution in [-0.4, -0.2) is 43.5 Å². The van der Waals surface area contributed by atoms with Crippen LogP contribution in [0.4, 0.5) is 5.82 Å². The van der Waals surface area contributed by atoms with Crippen molar-refractivity contribution in [3.63, 3.8) is 0 Å². The predicted octanol–water partition coefficient (Wildman–Crippen LogP) is 2.13. The maximum Gasteiger partial charge on any atom is 0.251 e. The molecule has 0 atom stereocenters. The third-order valence-corrected chi connectivity index (χ3v) is 4.37. The van der Waals surface area contributed by atoms with E-state index in [0.717, 1.165) is 16.8 Å². The van der Waals surface area contributed by atoms with Gasteiger partial charge in [-0.3, -0.25) is 9.78 Å². The first-order valence-corrected chi connectivity index (χ1v) is 9.20. The molecule has 0 unspecified atom stereocenters. The summed E-state index contributed by atoms with van der Waals surface area (Å²) in [7, 11) is 0. The molecule has 0 aliphatic rings. The fourth-order valence-corrected chi connectivity index (χ4v) is 2.97. The van der Waals surface area contributed by atoms with E-state index in [1.54, 1.807) is 30.7 Å². The van der Waals surface area contributed by atoms with Crippen molar-refractivity contribution >= 4 is 17.4 Å². The SMILES string of the molecule is O=C(NCCO)c1cccc(-c2cn3ccnc3c(NCc3cccnc3)n2)c1. The minimum Gasteiger partial charge on any atom is -0.395 e. The van der Waals surface area contributed by atoms with Crippen molar-refractivity contribution in [2.24, 2.45) is 0 Å². The lowest BCUT2D eigenvalue weighted by molar-refractivity contribution is 0.0945. The minimum atomic E-state index is -0.237. The molecule has 4 rings (SSSR count). The number of aliphatic hydroxyl groups excluding tert-OH is 1. The molecule has 0 aliphatic carbocycles. The maximum atomic E-state index is 12.2. The van der Waals surface area contributed by atoms with Crippen LogP contribution in [0, 0.1) is 0 Å². The van der Waals surface area contributed by atoms with Crippen LogP contribution in [0.5, 0.6) is 0 Å². The quantitative estimate of drug-likeness (QED) is 0.448. The van der Waals surface area contributed by atoms with E-state index in [4.69, 9.17) is 10.1 Å². The normalized spacial score (nSPS) is 10.8. The Morgan fingerprint density at radius 3 is 2.93 bits per heavy atom. The average molecular weight is 388 g/mol. The summed E-state index contributed by atoms with van der Waals surface area (Å²) in [5.74, 6) is 0.408. The Morgan fingerprint density at radius 2 is 2.10 bits per heavy atom. The zero-order valence-electron chi connectivity index (χ0n) is 15.6. The summed E-state index contributed by atoms with van der Waals surface area (Å²) in [4.78, 5) is 25.4. The van der Waals surface area contributed by atoms with Gasteiger partial charge in [0.25, 0.3) is 5.91 Å². The van der Waals surface area contributed by atoms with Crippen molar-refractivity contribution < 1.29 is 9.90 Å². The average Bonchev–Trinajstić information content (AvgIpc) is 3.25. The number of hydrogen-bond acceptors (Lipinski definition) is 6.